The van der Waals surface area contributed by atoms with Crippen molar-refractivity contribution in [1.29, 1.82) is 0 Å². The number of hydrogen-bond acceptors (Lipinski definition) is 5. The first-order chi connectivity index (χ1) is 11.5. The number of aryl methyl sites for hydroxylation is 1. The first-order valence-electron chi connectivity index (χ1n) is 7.88. The van der Waals surface area contributed by atoms with E-state index in [1.165, 1.54) is 11.3 Å². The van der Waals surface area contributed by atoms with E-state index in [2.05, 4.69) is 34.1 Å². The highest BCUT2D eigenvalue weighted by Gasteiger charge is 2.16. The Morgan fingerprint density at radius 3 is 2.83 bits per heavy atom. The average Bonchev–Trinajstić information content (AvgIpc) is 3.11. The number of anilines is 1. The van der Waals surface area contributed by atoms with Crippen LogP contribution in [0.15, 0.2) is 36.7 Å². The van der Waals surface area contributed by atoms with Crippen molar-refractivity contribution in [2.24, 2.45) is 7.05 Å². The van der Waals surface area contributed by atoms with Crippen LogP contribution in [-0.4, -0.2) is 38.2 Å². The summed E-state index contributed by atoms with van der Waals surface area (Å²) >= 11 is 1.49. The molecule has 2 aromatic heterocycles. The van der Waals surface area contributed by atoms with Crippen LogP contribution in [0.2, 0.25) is 0 Å². The van der Waals surface area contributed by atoms with E-state index in [-0.39, 0.29) is 11.9 Å². The van der Waals surface area contributed by atoms with Crippen molar-refractivity contribution >= 4 is 32.6 Å². The minimum absolute atomic E-state index is 0.0494. The number of rotatable bonds is 6. The molecule has 0 aliphatic carbocycles. The summed E-state index contributed by atoms with van der Waals surface area (Å²) in [5.41, 5.74) is 2.01. The van der Waals surface area contributed by atoms with Crippen molar-refractivity contribution in [3.63, 3.8) is 0 Å². The minimum Gasteiger partial charge on any atom is -0.301 e. The first-order valence-corrected chi connectivity index (χ1v) is 8.70. The molecule has 0 saturated carbocycles. The van der Waals surface area contributed by atoms with Gasteiger partial charge in [-0.3, -0.25) is 14.4 Å². The normalized spacial score (nSPS) is 11.5. The molecule has 0 unspecified atom stereocenters. The van der Waals surface area contributed by atoms with Crippen LogP contribution >= 0.6 is 11.3 Å². The van der Waals surface area contributed by atoms with Gasteiger partial charge in [-0.2, -0.15) is 5.10 Å². The number of aromatic nitrogens is 3. The zero-order chi connectivity index (χ0) is 17.1. The first kappa shape index (κ1) is 16.6. The number of fused-ring (bicyclic) bond motifs is 1. The van der Waals surface area contributed by atoms with Gasteiger partial charge < -0.3 is 5.32 Å². The standard InChI is InChI=1S/C17H21N5OS/c1-12(2)22(10-13-8-18-21(3)9-13)11-16(23)20-17-19-14-6-4-5-7-15(14)24-17/h4-9,12H,10-11H2,1-3H3,(H,19,20,23). The van der Waals surface area contributed by atoms with Gasteiger partial charge in [-0.25, -0.2) is 4.98 Å². The lowest BCUT2D eigenvalue weighted by Crippen LogP contribution is -2.37. The average molecular weight is 343 g/mol. The van der Waals surface area contributed by atoms with E-state index in [9.17, 15) is 4.79 Å². The lowest BCUT2D eigenvalue weighted by atomic mass is 10.2. The van der Waals surface area contributed by atoms with Gasteiger partial charge in [-0.15, -0.1) is 0 Å². The molecule has 2 heterocycles. The number of nitrogens with zero attached hydrogens (tertiary/aromatic N) is 4. The topological polar surface area (TPSA) is 63.1 Å². The fourth-order valence-electron chi connectivity index (χ4n) is 2.48. The van der Waals surface area contributed by atoms with Crippen LogP contribution < -0.4 is 5.32 Å². The van der Waals surface area contributed by atoms with Gasteiger partial charge in [0.1, 0.15) is 0 Å². The van der Waals surface area contributed by atoms with Gasteiger partial charge in [-0.1, -0.05) is 23.5 Å². The molecule has 0 aliphatic heterocycles. The number of nitrogens with one attached hydrogen (secondary N) is 1. The number of hydrogen-bond donors (Lipinski definition) is 1. The van der Waals surface area contributed by atoms with E-state index in [1.54, 1.807) is 4.68 Å². The van der Waals surface area contributed by atoms with Crippen LogP contribution in [0.25, 0.3) is 10.2 Å². The van der Waals surface area contributed by atoms with Gasteiger partial charge in [0.25, 0.3) is 0 Å². The van der Waals surface area contributed by atoms with E-state index in [0.29, 0.717) is 18.2 Å². The maximum atomic E-state index is 12.4. The van der Waals surface area contributed by atoms with Crippen molar-refractivity contribution in [1.82, 2.24) is 19.7 Å². The number of amides is 1. The molecule has 3 rings (SSSR count). The molecule has 24 heavy (non-hydrogen) atoms. The number of thiazole rings is 1. The Labute approximate surface area is 145 Å². The zero-order valence-electron chi connectivity index (χ0n) is 14.1. The maximum Gasteiger partial charge on any atom is 0.240 e. The lowest BCUT2D eigenvalue weighted by Gasteiger charge is -2.24. The quantitative estimate of drug-likeness (QED) is 0.747. The highest BCUT2D eigenvalue weighted by Crippen LogP contribution is 2.25. The second-order valence-electron chi connectivity index (χ2n) is 6.06. The molecular weight excluding hydrogens is 322 g/mol. The molecule has 1 amide bonds. The van der Waals surface area contributed by atoms with Crippen LogP contribution in [0.4, 0.5) is 5.13 Å². The van der Waals surface area contributed by atoms with E-state index < -0.39 is 0 Å². The van der Waals surface area contributed by atoms with Gasteiger partial charge in [0, 0.05) is 31.4 Å². The molecule has 0 radical (unpaired) electrons. The highest BCUT2D eigenvalue weighted by molar-refractivity contribution is 7.22. The predicted molar refractivity (Wildman–Crippen MR) is 97.0 cm³/mol. The summed E-state index contributed by atoms with van der Waals surface area (Å²) in [4.78, 5) is 19.0. The van der Waals surface area contributed by atoms with Gasteiger partial charge in [0.2, 0.25) is 5.91 Å². The van der Waals surface area contributed by atoms with Gasteiger partial charge in [0.05, 0.1) is 23.0 Å². The van der Waals surface area contributed by atoms with E-state index in [1.807, 2.05) is 43.7 Å². The molecule has 6 nitrogen and oxygen atoms in total. The largest absolute Gasteiger partial charge is 0.301 e. The van der Waals surface area contributed by atoms with Gasteiger partial charge >= 0.3 is 0 Å². The van der Waals surface area contributed by atoms with Crippen LogP contribution in [0.3, 0.4) is 0 Å². The predicted octanol–water partition coefficient (Wildman–Crippen LogP) is 2.88. The molecule has 0 bridgehead atoms. The summed E-state index contributed by atoms with van der Waals surface area (Å²) in [5.74, 6) is -0.0494. The number of para-hydroxylation sites is 1. The molecule has 1 N–H and O–H groups in total. The smallest absolute Gasteiger partial charge is 0.240 e. The monoisotopic (exact) mass is 343 g/mol. The molecule has 3 aromatic rings. The van der Waals surface area contributed by atoms with Crippen molar-refractivity contribution in [2.45, 2.75) is 26.4 Å². The molecular formula is C17H21N5OS. The fraction of sp³-hybridized carbons (Fsp3) is 0.353. The Kier molecular flexibility index (Phi) is 4.92. The van der Waals surface area contributed by atoms with Crippen molar-refractivity contribution in [2.75, 3.05) is 11.9 Å². The summed E-state index contributed by atoms with van der Waals surface area (Å²) in [5, 5.41) is 7.74. The SMILES string of the molecule is CC(C)N(CC(=O)Nc1nc2ccccc2s1)Cc1cnn(C)c1. The summed E-state index contributed by atoms with van der Waals surface area (Å²) < 4.78 is 2.85. The maximum absolute atomic E-state index is 12.4. The minimum atomic E-state index is -0.0494. The van der Waals surface area contributed by atoms with Crippen molar-refractivity contribution < 1.29 is 4.79 Å². The molecule has 0 aliphatic rings. The molecule has 7 heteroatoms. The number of carbonyl (C=O) groups is 1. The second-order valence-corrected chi connectivity index (χ2v) is 7.09. The third-order valence-corrected chi connectivity index (χ3v) is 4.71. The molecule has 0 fully saturated rings. The van der Waals surface area contributed by atoms with Crippen LogP contribution in [0, 0.1) is 0 Å². The third kappa shape index (κ3) is 3.98. The highest BCUT2D eigenvalue weighted by atomic mass is 32.1. The Balaban J connectivity index is 1.64. The summed E-state index contributed by atoms with van der Waals surface area (Å²) in [6.45, 7) is 5.18. The van der Waals surface area contributed by atoms with E-state index >= 15 is 0 Å². The number of benzene rings is 1. The van der Waals surface area contributed by atoms with Crippen LogP contribution in [-0.2, 0) is 18.4 Å². The molecule has 0 saturated heterocycles. The Bertz CT molecular complexity index is 805. The third-order valence-electron chi connectivity index (χ3n) is 3.76. The van der Waals surface area contributed by atoms with Gasteiger partial charge in [0.15, 0.2) is 5.13 Å². The van der Waals surface area contributed by atoms with Crippen molar-refractivity contribution in [3.8, 4) is 0 Å². The zero-order valence-corrected chi connectivity index (χ0v) is 14.9. The summed E-state index contributed by atoms with van der Waals surface area (Å²) in [7, 11) is 1.89. The van der Waals surface area contributed by atoms with Crippen LogP contribution in [0.1, 0.15) is 19.4 Å². The summed E-state index contributed by atoms with van der Waals surface area (Å²) in [6, 6.07) is 8.13. The fourth-order valence-corrected chi connectivity index (χ4v) is 3.36. The van der Waals surface area contributed by atoms with Crippen molar-refractivity contribution in [3.05, 3.63) is 42.2 Å². The molecule has 1 aromatic carbocycles. The van der Waals surface area contributed by atoms with E-state index in [0.717, 1.165) is 15.8 Å². The Hall–Kier alpha value is -2.25. The second kappa shape index (κ2) is 7.11. The molecule has 0 spiro atoms. The lowest BCUT2D eigenvalue weighted by molar-refractivity contribution is -0.117. The van der Waals surface area contributed by atoms with E-state index in [4.69, 9.17) is 0 Å². The Morgan fingerprint density at radius 1 is 1.38 bits per heavy atom. The molecule has 0 atom stereocenters. The Morgan fingerprint density at radius 2 is 2.17 bits per heavy atom. The van der Waals surface area contributed by atoms with Gasteiger partial charge in [-0.05, 0) is 26.0 Å². The summed E-state index contributed by atoms with van der Waals surface area (Å²) in [6.07, 6.45) is 3.81. The number of carbonyl (C=O) groups excluding carboxylic acids is 1. The molecule has 126 valence electrons. The van der Waals surface area contributed by atoms with Crippen LogP contribution in [0.5, 0.6) is 0 Å².